The number of H-pyrrole nitrogens is 1. The SMILES string of the molecule is CCOC(=O)C(Sc1nc2c([nH]c3ccccc32)c(=O)n1-c1ccc(OC(F)(F)F)cc1)C(=O)OCC. The van der Waals surface area contributed by atoms with Crippen molar-refractivity contribution in [1.82, 2.24) is 14.5 Å². The molecular weight excluding hydrogens is 515 g/mol. The standard InChI is InChI=1S/C24H20F3N3O6S/c1-3-34-21(32)19(22(33)35-4-2)37-23-29-17-15-7-5-6-8-16(15)28-18(17)20(31)30(23)13-9-11-14(12-10-13)36-24(25,26)27/h5-12,19,28H,3-4H2,1-2H3. The topological polar surface area (TPSA) is 113 Å². The fourth-order valence-corrected chi connectivity index (χ4v) is 4.56. The van der Waals surface area contributed by atoms with E-state index >= 15 is 0 Å². The highest BCUT2D eigenvalue weighted by molar-refractivity contribution is 8.01. The summed E-state index contributed by atoms with van der Waals surface area (Å²) in [4.78, 5) is 46.4. The lowest BCUT2D eigenvalue weighted by Gasteiger charge is -2.17. The minimum absolute atomic E-state index is 0.00230. The summed E-state index contributed by atoms with van der Waals surface area (Å²) < 4.78 is 52.9. The van der Waals surface area contributed by atoms with Crippen LogP contribution in [0.3, 0.4) is 0 Å². The van der Waals surface area contributed by atoms with Gasteiger partial charge < -0.3 is 19.2 Å². The van der Waals surface area contributed by atoms with Gasteiger partial charge in [0.2, 0.25) is 5.25 Å². The first-order valence-electron chi connectivity index (χ1n) is 11.0. The van der Waals surface area contributed by atoms with Crippen molar-refractivity contribution >= 4 is 45.6 Å². The summed E-state index contributed by atoms with van der Waals surface area (Å²) >= 11 is 0.639. The second-order valence-corrected chi connectivity index (χ2v) is 8.55. The van der Waals surface area contributed by atoms with Crippen LogP contribution in [0.5, 0.6) is 5.75 Å². The van der Waals surface area contributed by atoms with Crippen molar-refractivity contribution in [2.75, 3.05) is 13.2 Å². The minimum atomic E-state index is -4.89. The molecule has 0 radical (unpaired) electrons. The lowest BCUT2D eigenvalue weighted by atomic mass is 10.2. The molecule has 0 fully saturated rings. The molecule has 2 heterocycles. The maximum atomic E-state index is 13.6. The van der Waals surface area contributed by atoms with E-state index in [0.717, 1.165) is 16.7 Å². The number of carbonyl (C=O) groups is 2. The zero-order valence-electron chi connectivity index (χ0n) is 19.5. The summed E-state index contributed by atoms with van der Waals surface area (Å²) in [5.41, 5.74) is 0.575. The van der Waals surface area contributed by atoms with Crippen LogP contribution < -0.4 is 10.3 Å². The molecule has 0 bridgehead atoms. The van der Waals surface area contributed by atoms with Gasteiger partial charge in [0.1, 0.15) is 16.8 Å². The van der Waals surface area contributed by atoms with E-state index in [4.69, 9.17) is 9.47 Å². The van der Waals surface area contributed by atoms with Crippen molar-refractivity contribution in [3.05, 3.63) is 58.9 Å². The number of halogens is 3. The van der Waals surface area contributed by atoms with Crippen LogP contribution in [0.25, 0.3) is 27.6 Å². The van der Waals surface area contributed by atoms with Crippen molar-refractivity contribution in [3.8, 4) is 11.4 Å². The number of alkyl halides is 3. The molecule has 13 heteroatoms. The fourth-order valence-electron chi connectivity index (χ4n) is 3.58. The minimum Gasteiger partial charge on any atom is -0.465 e. The van der Waals surface area contributed by atoms with Crippen LogP contribution >= 0.6 is 11.8 Å². The smallest absolute Gasteiger partial charge is 0.465 e. The molecule has 0 unspecified atom stereocenters. The normalized spacial score (nSPS) is 11.7. The van der Waals surface area contributed by atoms with Gasteiger partial charge in [0, 0.05) is 10.9 Å². The van der Waals surface area contributed by atoms with E-state index in [9.17, 15) is 27.6 Å². The lowest BCUT2D eigenvalue weighted by Crippen LogP contribution is -2.32. The molecule has 0 saturated heterocycles. The first-order chi connectivity index (χ1) is 17.6. The first-order valence-corrected chi connectivity index (χ1v) is 11.9. The van der Waals surface area contributed by atoms with Gasteiger partial charge in [-0.05, 0) is 44.2 Å². The Balaban J connectivity index is 1.90. The first kappa shape index (κ1) is 26.1. The summed E-state index contributed by atoms with van der Waals surface area (Å²) in [6.07, 6.45) is -4.89. The van der Waals surface area contributed by atoms with Crippen molar-refractivity contribution < 1.29 is 37.0 Å². The van der Waals surface area contributed by atoms with E-state index in [0.29, 0.717) is 28.2 Å². The number of esters is 2. The maximum Gasteiger partial charge on any atom is 0.573 e. The Labute approximate surface area is 211 Å². The summed E-state index contributed by atoms with van der Waals surface area (Å²) in [6.45, 7) is 3.14. The zero-order chi connectivity index (χ0) is 26.7. The van der Waals surface area contributed by atoms with Crippen LogP contribution in [0.4, 0.5) is 13.2 Å². The molecule has 0 aliphatic heterocycles. The van der Waals surface area contributed by atoms with Crippen LogP contribution in [0.1, 0.15) is 13.8 Å². The van der Waals surface area contributed by atoms with Crippen LogP contribution in [0, 0.1) is 0 Å². The van der Waals surface area contributed by atoms with E-state index in [1.54, 1.807) is 38.1 Å². The summed E-state index contributed by atoms with van der Waals surface area (Å²) in [6, 6.07) is 11.5. The number of rotatable bonds is 8. The molecule has 0 spiro atoms. The summed E-state index contributed by atoms with van der Waals surface area (Å²) in [5, 5.41) is -0.951. The molecule has 2 aromatic carbocycles. The van der Waals surface area contributed by atoms with Gasteiger partial charge in [-0.3, -0.25) is 19.0 Å². The highest BCUT2D eigenvalue weighted by atomic mass is 32.2. The van der Waals surface area contributed by atoms with Crippen molar-refractivity contribution in [3.63, 3.8) is 0 Å². The number of aromatic nitrogens is 3. The molecule has 0 saturated carbocycles. The third kappa shape index (κ3) is 5.56. The van der Waals surface area contributed by atoms with Gasteiger partial charge in [0.05, 0.1) is 18.9 Å². The molecule has 0 aliphatic carbocycles. The predicted octanol–water partition coefficient (Wildman–Crippen LogP) is 4.35. The maximum absolute atomic E-state index is 13.6. The van der Waals surface area contributed by atoms with Crippen molar-refractivity contribution in [2.24, 2.45) is 0 Å². The van der Waals surface area contributed by atoms with E-state index < -0.39 is 34.9 Å². The average Bonchev–Trinajstić information content (AvgIpc) is 3.22. The Kier molecular flexibility index (Phi) is 7.43. The summed E-state index contributed by atoms with van der Waals surface area (Å²) in [7, 11) is 0. The zero-order valence-corrected chi connectivity index (χ0v) is 20.3. The molecule has 1 N–H and O–H groups in total. The van der Waals surface area contributed by atoms with E-state index in [1.165, 1.54) is 12.1 Å². The average molecular weight is 536 g/mol. The van der Waals surface area contributed by atoms with Gasteiger partial charge >= 0.3 is 18.3 Å². The Morgan fingerprint density at radius 3 is 2.24 bits per heavy atom. The third-order valence-electron chi connectivity index (χ3n) is 5.05. The second-order valence-electron chi connectivity index (χ2n) is 7.47. The monoisotopic (exact) mass is 535 g/mol. The number of benzene rings is 2. The van der Waals surface area contributed by atoms with Crippen LogP contribution in [-0.4, -0.2) is 51.3 Å². The molecule has 0 amide bonds. The fraction of sp³-hybridized carbons (Fsp3) is 0.250. The third-order valence-corrected chi connectivity index (χ3v) is 6.15. The highest BCUT2D eigenvalue weighted by Crippen LogP contribution is 2.30. The molecule has 37 heavy (non-hydrogen) atoms. The quantitative estimate of drug-likeness (QED) is 0.153. The molecule has 2 aromatic heterocycles. The molecule has 0 atom stereocenters. The van der Waals surface area contributed by atoms with Gasteiger partial charge in [-0.1, -0.05) is 30.0 Å². The molecule has 9 nitrogen and oxygen atoms in total. The number of nitrogens with one attached hydrogen (secondary N) is 1. The largest absolute Gasteiger partial charge is 0.573 e. The van der Waals surface area contributed by atoms with Gasteiger partial charge in [0.25, 0.3) is 5.56 Å². The van der Waals surface area contributed by atoms with Crippen molar-refractivity contribution in [2.45, 2.75) is 30.6 Å². The van der Waals surface area contributed by atoms with Crippen LogP contribution in [-0.2, 0) is 19.1 Å². The Bertz CT molecular complexity index is 1500. The molecular formula is C24H20F3N3O6S. The van der Waals surface area contributed by atoms with Gasteiger partial charge in [-0.2, -0.15) is 0 Å². The van der Waals surface area contributed by atoms with E-state index in [-0.39, 0.29) is 29.6 Å². The van der Waals surface area contributed by atoms with Crippen molar-refractivity contribution in [1.29, 1.82) is 0 Å². The number of hydrogen-bond donors (Lipinski definition) is 1. The molecule has 0 aliphatic rings. The highest BCUT2D eigenvalue weighted by Gasteiger charge is 2.34. The number of carbonyl (C=O) groups excluding carboxylic acids is 2. The van der Waals surface area contributed by atoms with E-state index in [2.05, 4.69) is 14.7 Å². The Morgan fingerprint density at radius 2 is 1.65 bits per heavy atom. The Morgan fingerprint density at radius 1 is 1.03 bits per heavy atom. The number of hydrogen-bond acceptors (Lipinski definition) is 8. The van der Waals surface area contributed by atoms with Gasteiger partial charge in [-0.15, -0.1) is 13.2 Å². The molecule has 4 aromatic rings. The Hall–Kier alpha value is -4.00. The molecule has 194 valence electrons. The summed E-state index contributed by atoms with van der Waals surface area (Å²) in [5.74, 6) is -2.27. The number of para-hydroxylation sites is 1. The van der Waals surface area contributed by atoms with Gasteiger partial charge in [-0.25, -0.2) is 4.98 Å². The predicted molar refractivity (Wildman–Crippen MR) is 129 cm³/mol. The van der Waals surface area contributed by atoms with Gasteiger partial charge in [0.15, 0.2) is 5.16 Å². The number of aromatic amines is 1. The number of thioether (sulfide) groups is 1. The number of fused-ring (bicyclic) bond motifs is 3. The second kappa shape index (κ2) is 10.5. The lowest BCUT2D eigenvalue weighted by molar-refractivity contribution is -0.274. The number of ether oxygens (including phenoxy) is 3. The van der Waals surface area contributed by atoms with E-state index in [1.807, 2.05) is 0 Å². The van der Waals surface area contributed by atoms with Crippen LogP contribution in [0.15, 0.2) is 58.5 Å². The van der Waals surface area contributed by atoms with Crippen LogP contribution in [0.2, 0.25) is 0 Å². The number of nitrogens with zero attached hydrogens (tertiary/aromatic N) is 2. The molecule has 4 rings (SSSR count).